The van der Waals surface area contributed by atoms with E-state index in [1.165, 1.54) is 0 Å². The molecule has 14 heavy (non-hydrogen) atoms. The molecule has 0 aliphatic rings. The van der Waals surface area contributed by atoms with Gasteiger partial charge in [0.05, 0.1) is 0 Å². The molecule has 0 saturated heterocycles. The van der Waals surface area contributed by atoms with Crippen molar-refractivity contribution in [3.05, 3.63) is 29.6 Å². The molecule has 0 fully saturated rings. The number of nitrogens with zero attached hydrogens (tertiary/aromatic N) is 1. The molecule has 2 heteroatoms. The molecule has 1 aromatic heterocycles. The third kappa shape index (κ3) is 3.29. The Balaban J connectivity index is 2.52. The lowest BCUT2D eigenvalue weighted by molar-refractivity contribution is 0.0979. The highest BCUT2D eigenvalue weighted by atomic mass is 16.1. The van der Waals surface area contributed by atoms with E-state index in [1.54, 1.807) is 12.3 Å². The molecule has 0 unspecified atom stereocenters. The molecule has 0 aromatic carbocycles. The summed E-state index contributed by atoms with van der Waals surface area (Å²) in [5.74, 6) is 0.240. The van der Waals surface area contributed by atoms with Gasteiger partial charge >= 0.3 is 0 Å². The summed E-state index contributed by atoms with van der Waals surface area (Å²) in [6, 6.07) is 3.65. The average Bonchev–Trinajstić information content (AvgIpc) is 2.18. The molecular weight excluding hydrogens is 174 g/mol. The van der Waals surface area contributed by atoms with Crippen LogP contribution >= 0.6 is 0 Å². The van der Waals surface area contributed by atoms with Crippen LogP contribution in [0.2, 0.25) is 0 Å². The third-order valence-electron chi connectivity index (χ3n) is 2.23. The van der Waals surface area contributed by atoms with Gasteiger partial charge in [-0.2, -0.15) is 0 Å². The first kappa shape index (κ1) is 10.9. The van der Waals surface area contributed by atoms with Gasteiger partial charge < -0.3 is 0 Å². The quantitative estimate of drug-likeness (QED) is 0.528. The van der Waals surface area contributed by atoms with Gasteiger partial charge in [0.15, 0.2) is 5.78 Å². The molecular formula is C12H17NO. The standard InChI is InChI=1S/C12H17NO/c1-3-4-5-6-12(14)11-7-8-13-10(2)9-11/h7-9H,3-6H2,1-2H3. The Morgan fingerprint density at radius 3 is 2.86 bits per heavy atom. The van der Waals surface area contributed by atoms with E-state index in [4.69, 9.17) is 0 Å². The summed E-state index contributed by atoms with van der Waals surface area (Å²) in [6.45, 7) is 4.05. The van der Waals surface area contributed by atoms with E-state index in [0.717, 1.165) is 30.5 Å². The van der Waals surface area contributed by atoms with Crippen LogP contribution in [0.25, 0.3) is 0 Å². The number of carbonyl (C=O) groups excluding carboxylic acids is 1. The molecule has 1 aromatic rings. The first-order chi connectivity index (χ1) is 6.74. The lowest BCUT2D eigenvalue weighted by Gasteiger charge is -2.00. The van der Waals surface area contributed by atoms with Gasteiger partial charge in [-0.3, -0.25) is 9.78 Å². The number of carbonyl (C=O) groups is 1. The molecule has 1 heterocycles. The molecule has 0 bridgehead atoms. The lowest BCUT2D eigenvalue weighted by atomic mass is 10.1. The van der Waals surface area contributed by atoms with Crippen LogP contribution in [0.4, 0.5) is 0 Å². The fourth-order valence-electron chi connectivity index (χ4n) is 1.40. The highest BCUT2D eigenvalue weighted by Crippen LogP contribution is 2.08. The largest absolute Gasteiger partial charge is 0.294 e. The maximum atomic E-state index is 11.6. The number of ketones is 1. The zero-order chi connectivity index (χ0) is 10.4. The Kier molecular flexibility index (Phi) is 4.30. The summed E-state index contributed by atoms with van der Waals surface area (Å²) in [6.07, 6.45) is 5.65. The van der Waals surface area contributed by atoms with E-state index in [9.17, 15) is 4.79 Å². The minimum atomic E-state index is 0.240. The zero-order valence-electron chi connectivity index (χ0n) is 8.92. The van der Waals surface area contributed by atoms with E-state index < -0.39 is 0 Å². The fourth-order valence-corrected chi connectivity index (χ4v) is 1.40. The molecule has 2 nitrogen and oxygen atoms in total. The zero-order valence-corrected chi connectivity index (χ0v) is 8.92. The molecule has 0 atom stereocenters. The van der Waals surface area contributed by atoms with Crippen LogP contribution in [0.15, 0.2) is 18.3 Å². The Bertz CT molecular complexity index is 307. The molecule has 0 aliphatic carbocycles. The molecule has 0 amide bonds. The third-order valence-corrected chi connectivity index (χ3v) is 2.23. The molecule has 1 rings (SSSR count). The van der Waals surface area contributed by atoms with Crippen molar-refractivity contribution in [1.29, 1.82) is 0 Å². The number of hydrogen-bond acceptors (Lipinski definition) is 2. The van der Waals surface area contributed by atoms with Crippen LogP contribution in [0.3, 0.4) is 0 Å². The number of aromatic nitrogens is 1. The van der Waals surface area contributed by atoms with E-state index in [0.29, 0.717) is 6.42 Å². The Morgan fingerprint density at radius 1 is 1.43 bits per heavy atom. The summed E-state index contributed by atoms with van der Waals surface area (Å²) in [5.41, 5.74) is 1.71. The Morgan fingerprint density at radius 2 is 2.21 bits per heavy atom. The van der Waals surface area contributed by atoms with E-state index in [1.807, 2.05) is 13.0 Å². The molecule has 0 radical (unpaired) electrons. The van der Waals surface area contributed by atoms with Crippen LogP contribution in [-0.2, 0) is 0 Å². The second kappa shape index (κ2) is 5.53. The van der Waals surface area contributed by atoms with Gasteiger partial charge in [-0.25, -0.2) is 0 Å². The molecule has 0 N–H and O–H groups in total. The van der Waals surface area contributed by atoms with Crippen LogP contribution in [-0.4, -0.2) is 10.8 Å². The molecule has 0 saturated carbocycles. The number of hydrogen-bond donors (Lipinski definition) is 0. The minimum Gasteiger partial charge on any atom is -0.294 e. The van der Waals surface area contributed by atoms with Crippen molar-refractivity contribution in [1.82, 2.24) is 4.98 Å². The van der Waals surface area contributed by atoms with Crippen molar-refractivity contribution in [2.75, 3.05) is 0 Å². The smallest absolute Gasteiger partial charge is 0.162 e. The van der Waals surface area contributed by atoms with Crippen LogP contribution in [0.1, 0.15) is 48.7 Å². The minimum absolute atomic E-state index is 0.240. The number of pyridine rings is 1. The van der Waals surface area contributed by atoms with E-state index >= 15 is 0 Å². The van der Waals surface area contributed by atoms with Gasteiger partial charge in [0.25, 0.3) is 0 Å². The predicted octanol–water partition coefficient (Wildman–Crippen LogP) is 3.15. The summed E-state index contributed by atoms with van der Waals surface area (Å²) in [7, 11) is 0. The number of aryl methyl sites for hydroxylation is 1. The first-order valence-electron chi connectivity index (χ1n) is 5.20. The number of rotatable bonds is 5. The lowest BCUT2D eigenvalue weighted by Crippen LogP contribution is -1.99. The van der Waals surface area contributed by atoms with Crippen LogP contribution < -0.4 is 0 Å². The maximum Gasteiger partial charge on any atom is 0.162 e. The van der Waals surface area contributed by atoms with E-state index in [-0.39, 0.29) is 5.78 Å². The van der Waals surface area contributed by atoms with Crippen molar-refractivity contribution in [2.24, 2.45) is 0 Å². The Hall–Kier alpha value is -1.18. The normalized spacial score (nSPS) is 10.1. The SMILES string of the molecule is CCCCCC(=O)c1ccnc(C)c1. The second-order valence-corrected chi connectivity index (χ2v) is 3.57. The molecule has 0 spiro atoms. The predicted molar refractivity (Wildman–Crippen MR) is 57.4 cm³/mol. The Labute approximate surface area is 85.4 Å². The summed E-state index contributed by atoms with van der Waals surface area (Å²) < 4.78 is 0. The van der Waals surface area contributed by atoms with Crippen molar-refractivity contribution in [3.63, 3.8) is 0 Å². The van der Waals surface area contributed by atoms with Gasteiger partial charge in [0.2, 0.25) is 0 Å². The van der Waals surface area contributed by atoms with Gasteiger partial charge in [-0.1, -0.05) is 19.8 Å². The van der Waals surface area contributed by atoms with Crippen molar-refractivity contribution < 1.29 is 4.79 Å². The summed E-state index contributed by atoms with van der Waals surface area (Å²) >= 11 is 0. The highest BCUT2D eigenvalue weighted by Gasteiger charge is 2.04. The van der Waals surface area contributed by atoms with Crippen LogP contribution in [0, 0.1) is 6.92 Å². The highest BCUT2D eigenvalue weighted by molar-refractivity contribution is 5.95. The van der Waals surface area contributed by atoms with Gasteiger partial charge in [0.1, 0.15) is 0 Å². The van der Waals surface area contributed by atoms with Crippen molar-refractivity contribution in [2.45, 2.75) is 39.5 Å². The van der Waals surface area contributed by atoms with Gasteiger partial charge in [-0.15, -0.1) is 0 Å². The molecule has 76 valence electrons. The van der Waals surface area contributed by atoms with Gasteiger partial charge in [-0.05, 0) is 25.5 Å². The maximum absolute atomic E-state index is 11.6. The number of unbranched alkanes of at least 4 members (excludes halogenated alkanes) is 2. The number of Topliss-reactive ketones (excluding diaryl/α,β-unsaturated/α-hetero) is 1. The summed E-state index contributed by atoms with van der Waals surface area (Å²) in [4.78, 5) is 15.7. The van der Waals surface area contributed by atoms with Crippen molar-refractivity contribution >= 4 is 5.78 Å². The van der Waals surface area contributed by atoms with Gasteiger partial charge in [0, 0.05) is 23.9 Å². The molecule has 0 aliphatic heterocycles. The fraction of sp³-hybridized carbons (Fsp3) is 0.500. The average molecular weight is 191 g/mol. The first-order valence-corrected chi connectivity index (χ1v) is 5.20. The second-order valence-electron chi connectivity index (χ2n) is 3.57. The summed E-state index contributed by atoms with van der Waals surface area (Å²) in [5, 5.41) is 0. The van der Waals surface area contributed by atoms with E-state index in [2.05, 4.69) is 11.9 Å². The van der Waals surface area contributed by atoms with Crippen LogP contribution in [0.5, 0.6) is 0 Å². The van der Waals surface area contributed by atoms with Crippen molar-refractivity contribution in [3.8, 4) is 0 Å². The topological polar surface area (TPSA) is 30.0 Å². The monoisotopic (exact) mass is 191 g/mol.